The first-order valence-corrected chi connectivity index (χ1v) is 8.72. The average molecular weight is 319 g/mol. The number of carbonyl (C=O) groups excluding carboxylic acids is 1. The fourth-order valence-electron chi connectivity index (χ4n) is 2.96. The molecule has 0 spiro atoms. The summed E-state index contributed by atoms with van der Waals surface area (Å²) < 4.78 is 0. The molecule has 4 N–H and O–H groups in total. The lowest BCUT2D eigenvalue weighted by Crippen LogP contribution is -2.36. The van der Waals surface area contributed by atoms with Crippen LogP contribution in [-0.4, -0.2) is 36.8 Å². The molecule has 0 saturated carbocycles. The molecule has 128 valence electrons. The second kappa shape index (κ2) is 9.53. The van der Waals surface area contributed by atoms with Gasteiger partial charge in [-0.2, -0.15) is 0 Å². The van der Waals surface area contributed by atoms with Crippen LogP contribution < -0.4 is 16.0 Å². The van der Waals surface area contributed by atoms with Crippen LogP contribution in [0.3, 0.4) is 0 Å². The number of amides is 1. The Morgan fingerprint density at radius 2 is 1.87 bits per heavy atom. The number of nitrogens with zero attached hydrogens (tertiary/aromatic N) is 1. The van der Waals surface area contributed by atoms with Gasteiger partial charge in [0.25, 0.3) is 0 Å². The van der Waals surface area contributed by atoms with Crippen molar-refractivity contribution in [3.8, 4) is 0 Å². The summed E-state index contributed by atoms with van der Waals surface area (Å²) in [5, 5.41) is 12.7. The van der Waals surface area contributed by atoms with Gasteiger partial charge in [-0.15, -0.1) is 0 Å². The third-order valence-electron chi connectivity index (χ3n) is 4.34. The van der Waals surface area contributed by atoms with E-state index < -0.39 is 0 Å². The molecule has 1 heterocycles. The van der Waals surface area contributed by atoms with Crippen molar-refractivity contribution in [2.45, 2.75) is 51.0 Å². The number of hydrogen-bond donors (Lipinski definition) is 3. The van der Waals surface area contributed by atoms with E-state index in [1.54, 1.807) is 0 Å². The highest BCUT2D eigenvalue weighted by Crippen LogP contribution is 2.28. The van der Waals surface area contributed by atoms with Crippen molar-refractivity contribution >= 4 is 17.3 Å². The Kier molecular flexibility index (Phi) is 7.36. The summed E-state index contributed by atoms with van der Waals surface area (Å²) in [6.45, 7) is 2.38. The molecule has 1 fully saturated rings. The number of nitrogens with two attached hydrogens (primary N) is 1. The Morgan fingerprint density at radius 3 is 2.61 bits per heavy atom. The third-order valence-corrected chi connectivity index (χ3v) is 4.34. The van der Waals surface area contributed by atoms with E-state index in [2.05, 4.69) is 10.2 Å². The van der Waals surface area contributed by atoms with Gasteiger partial charge in [-0.25, -0.2) is 0 Å². The normalized spacial score (nSPS) is 15.7. The summed E-state index contributed by atoms with van der Waals surface area (Å²) >= 11 is 0. The Hall–Kier alpha value is -1.59. The number of anilines is 2. The summed E-state index contributed by atoms with van der Waals surface area (Å²) in [4.78, 5) is 14.4. The topological polar surface area (TPSA) is 78.6 Å². The molecular weight excluding hydrogens is 290 g/mol. The Balaban J connectivity index is 1.86. The monoisotopic (exact) mass is 319 g/mol. The first-order chi connectivity index (χ1) is 11.2. The summed E-state index contributed by atoms with van der Waals surface area (Å²) in [5.74, 6) is 0.0715. The zero-order chi connectivity index (χ0) is 16.5. The van der Waals surface area contributed by atoms with Gasteiger partial charge in [-0.3, -0.25) is 4.79 Å². The smallest absolute Gasteiger partial charge is 0.224 e. The molecule has 0 unspecified atom stereocenters. The van der Waals surface area contributed by atoms with E-state index in [-0.39, 0.29) is 12.0 Å². The molecule has 1 amide bonds. The van der Waals surface area contributed by atoms with Gasteiger partial charge in [0.2, 0.25) is 5.91 Å². The number of hydrogen-bond acceptors (Lipinski definition) is 4. The number of para-hydroxylation sites is 2. The zero-order valence-corrected chi connectivity index (χ0v) is 13.8. The largest absolute Gasteiger partial charge is 0.393 e. The maximum absolute atomic E-state index is 12.1. The molecule has 1 aliphatic rings. The van der Waals surface area contributed by atoms with Gasteiger partial charge < -0.3 is 21.1 Å². The Bertz CT molecular complexity index is 485. The van der Waals surface area contributed by atoms with Gasteiger partial charge in [0, 0.05) is 19.5 Å². The molecule has 1 aliphatic heterocycles. The van der Waals surface area contributed by atoms with Crippen molar-refractivity contribution in [1.29, 1.82) is 0 Å². The SMILES string of the molecule is NCCCCCCC(=O)Nc1ccccc1N1CCC(O)CC1. The number of benzene rings is 1. The predicted molar refractivity (Wildman–Crippen MR) is 94.7 cm³/mol. The van der Waals surface area contributed by atoms with E-state index in [9.17, 15) is 9.90 Å². The van der Waals surface area contributed by atoms with Crippen molar-refractivity contribution in [1.82, 2.24) is 0 Å². The lowest BCUT2D eigenvalue weighted by atomic mass is 10.1. The highest BCUT2D eigenvalue weighted by Gasteiger charge is 2.19. The number of carbonyl (C=O) groups is 1. The minimum Gasteiger partial charge on any atom is -0.393 e. The molecule has 2 rings (SSSR count). The second-order valence-electron chi connectivity index (χ2n) is 6.24. The number of rotatable bonds is 8. The van der Waals surface area contributed by atoms with Crippen LogP contribution in [0, 0.1) is 0 Å². The van der Waals surface area contributed by atoms with Crippen molar-refractivity contribution in [2.24, 2.45) is 5.73 Å². The number of nitrogens with one attached hydrogen (secondary N) is 1. The number of aliphatic hydroxyl groups is 1. The molecule has 23 heavy (non-hydrogen) atoms. The van der Waals surface area contributed by atoms with E-state index in [1.165, 1.54) is 0 Å². The number of piperidine rings is 1. The number of unbranched alkanes of at least 4 members (excludes halogenated alkanes) is 3. The standard InChI is InChI=1S/C18H29N3O2/c19-12-6-2-1-3-9-18(23)20-16-7-4-5-8-17(16)21-13-10-15(22)11-14-21/h4-5,7-8,15,22H,1-3,6,9-14,19H2,(H,20,23). The van der Waals surface area contributed by atoms with Crippen LogP contribution in [0.1, 0.15) is 44.9 Å². The first-order valence-electron chi connectivity index (χ1n) is 8.72. The molecule has 0 aliphatic carbocycles. The molecule has 5 nitrogen and oxygen atoms in total. The Morgan fingerprint density at radius 1 is 1.17 bits per heavy atom. The number of aliphatic hydroxyl groups excluding tert-OH is 1. The van der Waals surface area contributed by atoms with Crippen molar-refractivity contribution in [2.75, 3.05) is 29.9 Å². The van der Waals surface area contributed by atoms with Crippen LogP contribution >= 0.6 is 0 Å². The zero-order valence-electron chi connectivity index (χ0n) is 13.8. The van der Waals surface area contributed by atoms with E-state index in [0.717, 1.165) is 69.5 Å². The van der Waals surface area contributed by atoms with E-state index in [1.807, 2.05) is 24.3 Å². The van der Waals surface area contributed by atoms with Gasteiger partial charge in [-0.05, 0) is 44.4 Å². The van der Waals surface area contributed by atoms with Gasteiger partial charge in [0.05, 0.1) is 17.5 Å². The minimum absolute atomic E-state index is 0.0715. The summed E-state index contributed by atoms with van der Waals surface area (Å²) in [6.07, 6.45) is 6.01. The summed E-state index contributed by atoms with van der Waals surface area (Å²) in [7, 11) is 0. The van der Waals surface area contributed by atoms with Gasteiger partial charge in [0.15, 0.2) is 0 Å². The van der Waals surface area contributed by atoms with E-state index in [0.29, 0.717) is 6.42 Å². The van der Waals surface area contributed by atoms with E-state index in [4.69, 9.17) is 5.73 Å². The van der Waals surface area contributed by atoms with Crippen molar-refractivity contribution in [3.05, 3.63) is 24.3 Å². The van der Waals surface area contributed by atoms with Crippen LogP contribution in [0.2, 0.25) is 0 Å². The lowest BCUT2D eigenvalue weighted by molar-refractivity contribution is -0.116. The molecular formula is C18H29N3O2. The molecule has 5 heteroatoms. The molecule has 1 aromatic rings. The molecule has 0 radical (unpaired) electrons. The average Bonchev–Trinajstić information content (AvgIpc) is 2.56. The third kappa shape index (κ3) is 5.84. The quantitative estimate of drug-likeness (QED) is 0.643. The molecule has 0 atom stereocenters. The summed E-state index contributed by atoms with van der Waals surface area (Å²) in [6, 6.07) is 7.92. The van der Waals surface area contributed by atoms with Crippen LogP contribution in [0.5, 0.6) is 0 Å². The van der Waals surface area contributed by atoms with Crippen LogP contribution in [-0.2, 0) is 4.79 Å². The van der Waals surface area contributed by atoms with E-state index >= 15 is 0 Å². The molecule has 1 aromatic carbocycles. The van der Waals surface area contributed by atoms with Gasteiger partial charge in [0.1, 0.15) is 0 Å². The Labute approximate surface area is 138 Å². The van der Waals surface area contributed by atoms with Crippen LogP contribution in [0.15, 0.2) is 24.3 Å². The fourth-order valence-corrected chi connectivity index (χ4v) is 2.96. The second-order valence-corrected chi connectivity index (χ2v) is 6.24. The van der Waals surface area contributed by atoms with Crippen molar-refractivity contribution < 1.29 is 9.90 Å². The molecule has 0 bridgehead atoms. The molecule has 0 aromatic heterocycles. The predicted octanol–water partition coefficient (Wildman–Crippen LogP) is 2.50. The van der Waals surface area contributed by atoms with Gasteiger partial charge in [-0.1, -0.05) is 25.0 Å². The fraction of sp³-hybridized carbons (Fsp3) is 0.611. The van der Waals surface area contributed by atoms with Crippen LogP contribution in [0.25, 0.3) is 0 Å². The lowest BCUT2D eigenvalue weighted by Gasteiger charge is -2.32. The van der Waals surface area contributed by atoms with Gasteiger partial charge >= 0.3 is 0 Å². The van der Waals surface area contributed by atoms with Crippen LogP contribution in [0.4, 0.5) is 11.4 Å². The maximum atomic E-state index is 12.1. The highest BCUT2D eigenvalue weighted by atomic mass is 16.3. The van der Waals surface area contributed by atoms with Crippen molar-refractivity contribution in [3.63, 3.8) is 0 Å². The first kappa shape index (κ1) is 17.8. The molecule has 1 saturated heterocycles. The highest BCUT2D eigenvalue weighted by molar-refractivity contribution is 5.94. The summed E-state index contributed by atoms with van der Waals surface area (Å²) in [5.41, 5.74) is 7.39. The minimum atomic E-state index is -0.193. The maximum Gasteiger partial charge on any atom is 0.224 e.